The van der Waals surface area contributed by atoms with E-state index in [-0.39, 0.29) is 18.4 Å². The van der Waals surface area contributed by atoms with Crippen molar-refractivity contribution in [3.63, 3.8) is 0 Å². The molecule has 2 aliphatic rings. The maximum absolute atomic E-state index is 13.5. The lowest BCUT2D eigenvalue weighted by Gasteiger charge is -2.39. The molecule has 27 heavy (non-hydrogen) atoms. The average Bonchev–Trinajstić information content (AvgIpc) is 3.05. The lowest BCUT2D eigenvalue weighted by molar-refractivity contribution is -0.146. The lowest BCUT2D eigenvalue weighted by Crippen LogP contribution is -2.50. The fourth-order valence-electron chi connectivity index (χ4n) is 4.12. The van der Waals surface area contributed by atoms with E-state index >= 15 is 0 Å². The number of amides is 2. The fraction of sp³-hybridized carbons (Fsp3) is 0.600. The van der Waals surface area contributed by atoms with Gasteiger partial charge in [-0.1, -0.05) is 6.07 Å². The molecule has 1 spiro atoms. The zero-order valence-electron chi connectivity index (χ0n) is 16.0. The minimum Gasteiger partial charge on any atom is -0.345 e. The highest BCUT2D eigenvalue weighted by molar-refractivity contribution is 5.84. The molecule has 0 aromatic heterocycles. The first-order valence-corrected chi connectivity index (χ1v) is 9.54. The van der Waals surface area contributed by atoms with Gasteiger partial charge in [0, 0.05) is 33.2 Å². The summed E-state index contributed by atoms with van der Waals surface area (Å²) in [6, 6.07) is 3.78. The summed E-state index contributed by atoms with van der Waals surface area (Å²) in [5.41, 5.74) is 0.135. The summed E-state index contributed by atoms with van der Waals surface area (Å²) in [7, 11) is 1.78. The molecule has 2 heterocycles. The van der Waals surface area contributed by atoms with Crippen molar-refractivity contribution >= 4 is 11.8 Å². The van der Waals surface area contributed by atoms with E-state index in [1.165, 1.54) is 6.07 Å². The van der Waals surface area contributed by atoms with Crippen molar-refractivity contribution in [2.24, 2.45) is 5.41 Å². The van der Waals surface area contributed by atoms with Gasteiger partial charge < -0.3 is 9.80 Å². The van der Waals surface area contributed by atoms with E-state index in [2.05, 4.69) is 4.90 Å². The lowest BCUT2D eigenvalue weighted by atomic mass is 9.78. The molecule has 0 saturated carbocycles. The number of hydrogen-bond acceptors (Lipinski definition) is 3. The SMILES string of the molecule is CCN(C)C(=O)CN1CC[C@]2(CCCN(Cc3ccc(F)c(F)c3)C2=O)C1. The zero-order valence-corrected chi connectivity index (χ0v) is 16.0. The maximum Gasteiger partial charge on any atom is 0.236 e. The highest BCUT2D eigenvalue weighted by Gasteiger charge is 2.48. The van der Waals surface area contributed by atoms with Gasteiger partial charge in [0.15, 0.2) is 11.6 Å². The predicted octanol–water partition coefficient (Wildman–Crippen LogP) is 2.26. The number of likely N-dealkylation sites (tertiary alicyclic amines) is 2. The summed E-state index contributed by atoms with van der Waals surface area (Å²) in [6.07, 6.45) is 2.43. The van der Waals surface area contributed by atoms with Crippen LogP contribution < -0.4 is 0 Å². The minimum atomic E-state index is -0.891. The fourth-order valence-corrected chi connectivity index (χ4v) is 4.12. The number of carbonyl (C=O) groups is 2. The van der Waals surface area contributed by atoms with Crippen molar-refractivity contribution in [1.29, 1.82) is 0 Å². The number of piperidine rings is 1. The van der Waals surface area contributed by atoms with Crippen LogP contribution in [0.2, 0.25) is 0 Å². The van der Waals surface area contributed by atoms with Crippen LogP contribution in [0.15, 0.2) is 18.2 Å². The van der Waals surface area contributed by atoms with Crippen LogP contribution in [0.5, 0.6) is 0 Å². The molecule has 0 radical (unpaired) electrons. The molecule has 0 unspecified atom stereocenters. The molecule has 2 amide bonds. The van der Waals surface area contributed by atoms with E-state index in [9.17, 15) is 18.4 Å². The molecule has 1 atom stereocenters. The molecule has 2 saturated heterocycles. The Morgan fingerprint density at radius 1 is 1.22 bits per heavy atom. The number of nitrogens with zero attached hydrogens (tertiary/aromatic N) is 3. The van der Waals surface area contributed by atoms with Crippen LogP contribution in [-0.2, 0) is 16.1 Å². The first-order valence-electron chi connectivity index (χ1n) is 9.54. The second-order valence-electron chi connectivity index (χ2n) is 7.73. The summed E-state index contributed by atoms with van der Waals surface area (Å²) in [5, 5.41) is 0. The highest BCUT2D eigenvalue weighted by Crippen LogP contribution is 2.40. The van der Waals surface area contributed by atoms with Crippen LogP contribution in [0.25, 0.3) is 0 Å². The average molecular weight is 379 g/mol. The molecule has 3 rings (SSSR count). The highest BCUT2D eigenvalue weighted by atomic mass is 19.2. The third-order valence-corrected chi connectivity index (χ3v) is 5.87. The van der Waals surface area contributed by atoms with Crippen molar-refractivity contribution in [1.82, 2.24) is 14.7 Å². The van der Waals surface area contributed by atoms with Crippen molar-refractivity contribution < 1.29 is 18.4 Å². The van der Waals surface area contributed by atoms with Gasteiger partial charge in [0.25, 0.3) is 0 Å². The Morgan fingerprint density at radius 2 is 2.00 bits per heavy atom. The Kier molecular flexibility index (Phi) is 5.79. The second-order valence-corrected chi connectivity index (χ2v) is 7.73. The number of carbonyl (C=O) groups excluding carboxylic acids is 2. The van der Waals surface area contributed by atoms with Gasteiger partial charge in [-0.15, -0.1) is 0 Å². The number of halogens is 2. The van der Waals surface area contributed by atoms with Crippen LogP contribution in [0.4, 0.5) is 8.78 Å². The van der Waals surface area contributed by atoms with E-state index in [1.807, 2.05) is 6.92 Å². The van der Waals surface area contributed by atoms with Crippen LogP contribution in [0, 0.1) is 17.0 Å². The normalized spacial score (nSPS) is 23.3. The van der Waals surface area contributed by atoms with E-state index in [0.29, 0.717) is 31.7 Å². The molecule has 1 aromatic rings. The Hall–Kier alpha value is -2.02. The van der Waals surface area contributed by atoms with Gasteiger partial charge >= 0.3 is 0 Å². The van der Waals surface area contributed by atoms with Crippen molar-refractivity contribution in [3.05, 3.63) is 35.4 Å². The van der Waals surface area contributed by atoms with E-state index < -0.39 is 17.0 Å². The number of rotatable bonds is 5. The van der Waals surface area contributed by atoms with Gasteiger partial charge in [-0.3, -0.25) is 14.5 Å². The molecule has 2 fully saturated rings. The predicted molar refractivity (Wildman–Crippen MR) is 97.8 cm³/mol. The van der Waals surface area contributed by atoms with Crippen molar-refractivity contribution in [2.45, 2.75) is 32.7 Å². The Bertz CT molecular complexity index is 727. The Morgan fingerprint density at radius 3 is 2.70 bits per heavy atom. The van der Waals surface area contributed by atoms with Gasteiger partial charge in [0.05, 0.1) is 12.0 Å². The molecule has 0 N–H and O–H groups in total. The molecular weight excluding hydrogens is 352 g/mol. The van der Waals surface area contributed by atoms with Gasteiger partial charge in [-0.05, 0) is 50.4 Å². The molecule has 5 nitrogen and oxygen atoms in total. The summed E-state index contributed by atoms with van der Waals surface area (Å²) >= 11 is 0. The monoisotopic (exact) mass is 379 g/mol. The van der Waals surface area contributed by atoms with Gasteiger partial charge in [-0.2, -0.15) is 0 Å². The summed E-state index contributed by atoms with van der Waals surface area (Å²) in [6.45, 7) is 5.16. The largest absolute Gasteiger partial charge is 0.345 e. The van der Waals surface area contributed by atoms with E-state index in [4.69, 9.17) is 0 Å². The Balaban J connectivity index is 1.66. The van der Waals surface area contributed by atoms with E-state index in [1.54, 1.807) is 16.8 Å². The van der Waals surface area contributed by atoms with Gasteiger partial charge in [-0.25, -0.2) is 8.78 Å². The van der Waals surface area contributed by atoms with Crippen molar-refractivity contribution in [2.75, 3.05) is 39.8 Å². The summed E-state index contributed by atoms with van der Waals surface area (Å²) < 4.78 is 26.6. The quantitative estimate of drug-likeness (QED) is 0.788. The number of hydrogen-bond donors (Lipinski definition) is 0. The zero-order chi connectivity index (χ0) is 19.6. The number of benzene rings is 1. The van der Waals surface area contributed by atoms with Gasteiger partial charge in [0.1, 0.15) is 0 Å². The van der Waals surface area contributed by atoms with Crippen LogP contribution >= 0.6 is 0 Å². The van der Waals surface area contributed by atoms with Crippen molar-refractivity contribution in [3.8, 4) is 0 Å². The molecule has 2 aliphatic heterocycles. The third kappa shape index (κ3) is 4.13. The van der Waals surface area contributed by atoms with Gasteiger partial charge in [0.2, 0.25) is 11.8 Å². The minimum absolute atomic E-state index is 0.0662. The molecule has 7 heteroatoms. The van der Waals surface area contributed by atoms with E-state index in [0.717, 1.165) is 37.9 Å². The van der Waals surface area contributed by atoms with Crippen LogP contribution in [0.3, 0.4) is 0 Å². The maximum atomic E-state index is 13.5. The summed E-state index contributed by atoms with van der Waals surface area (Å²) in [5.74, 6) is -1.64. The molecule has 0 bridgehead atoms. The molecule has 148 valence electrons. The standard InChI is InChI=1S/C20H27F2N3O2/c1-3-23(2)18(26)13-24-10-8-20(14-24)7-4-9-25(19(20)27)12-15-5-6-16(21)17(22)11-15/h5-6,11H,3-4,7-10,12-14H2,1-2H3/t20-/m1/s1. The Labute approximate surface area is 158 Å². The second kappa shape index (κ2) is 7.92. The van der Waals surface area contributed by atoms with Crippen LogP contribution in [0.1, 0.15) is 31.7 Å². The third-order valence-electron chi connectivity index (χ3n) is 5.87. The molecule has 1 aromatic carbocycles. The van der Waals surface area contributed by atoms with Crippen LogP contribution in [-0.4, -0.2) is 66.3 Å². The molecular formula is C20H27F2N3O2. The smallest absolute Gasteiger partial charge is 0.236 e. The first-order chi connectivity index (χ1) is 12.8. The first kappa shape index (κ1) is 19.7. The summed E-state index contributed by atoms with van der Waals surface area (Å²) in [4.78, 5) is 30.8. The molecule has 0 aliphatic carbocycles. The number of likely N-dealkylation sites (N-methyl/N-ethyl adjacent to an activating group) is 1. The topological polar surface area (TPSA) is 43.9 Å².